The molecule has 0 aromatic carbocycles. The van der Waals surface area contributed by atoms with Crippen LogP contribution in [0.4, 0.5) is 0 Å². The van der Waals surface area contributed by atoms with Crippen LogP contribution < -0.4 is 0 Å². The van der Waals surface area contributed by atoms with Gasteiger partial charge in [0.1, 0.15) is 11.8 Å². The van der Waals surface area contributed by atoms with Crippen LogP contribution in [0.25, 0.3) is 0 Å². The quantitative estimate of drug-likeness (QED) is 0.569. The molecule has 0 aromatic rings. The first-order valence-corrected chi connectivity index (χ1v) is 3.72. The van der Waals surface area contributed by atoms with Crippen LogP contribution in [-0.2, 0) is 0 Å². The molecule has 0 aliphatic carbocycles. The maximum Gasteiger partial charge on any atom is 0.127 e. The molecule has 1 aliphatic rings. The van der Waals surface area contributed by atoms with Gasteiger partial charge in [0, 0.05) is 12.2 Å². The molecule has 3 heteroatoms. The molecule has 0 saturated heterocycles. The summed E-state index contributed by atoms with van der Waals surface area (Å²) in [4.78, 5) is 6.17. The number of allylic oxidation sites excluding steroid dienone is 1. The van der Waals surface area contributed by atoms with Crippen LogP contribution in [0.15, 0.2) is 17.3 Å². The fourth-order valence-electron chi connectivity index (χ4n) is 0.742. The third kappa shape index (κ3) is 1.74. The van der Waals surface area contributed by atoms with E-state index in [4.69, 9.17) is 11.6 Å². The average Bonchev–Trinajstić information content (AvgIpc) is 1.88. The minimum Gasteiger partial charge on any atom is -0.356 e. The van der Waals surface area contributed by atoms with Gasteiger partial charge >= 0.3 is 0 Å². The predicted octanol–water partition coefficient (Wildman–Crippen LogP) is 1.82. The summed E-state index contributed by atoms with van der Waals surface area (Å²) in [6.45, 7) is 4.94. The molecule has 1 aliphatic heterocycles. The van der Waals surface area contributed by atoms with E-state index in [0.29, 0.717) is 17.9 Å². The molecule has 0 fully saturated rings. The summed E-state index contributed by atoms with van der Waals surface area (Å²) < 4.78 is 0. The van der Waals surface area contributed by atoms with Gasteiger partial charge in [-0.05, 0) is 19.9 Å². The molecule has 0 radical (unpaired) electrons. The van der Waals surface area contributed by atoms with E-state index in [1.54, 1.807) is 0 Å². The molecule has 0 spiro atoms. The van der Waals surface area contributed by atoms with Crippen molar-refractivity contribution in [2.75, 3.05) is 6.67 Å². The highest BCUT2D eigenvalue weighted by molar-refractivity contribution is 6.68. The lowest BCUT2D eigenvalue weighted by Crippen LogP contribution is -2.27. The Bertz CT molecular complexity index is 172. The van der Waals surface area contributed by atoms with E-state index in [0.717, 1.165) is 0 Å². The highest BCUT2D eigenvalue weighted by atomic mass is 35.5. The van der Waals surface area contributed by atoms with Gasteiger partial charge in [0.05, 0.1) is 0 Å². The van der Waals surface area contributed by atoms with Gasteiger partial charge in [-0.1, -0.05) is 11.6 Å². The molecule has 0 atom stereocenters. The van der Waals surface area contributed by atoms with Crippen molar-refractivity contribution in [3.63, 3.8) is 0 Å². The Morgan fingerprint density at radius 1 is 1.70 bits per heavy atom. The molecule has 0 bridgehead atoms. The van der Waals surface area contributed by atoms with Crippen LogP contribution >= 0.6 is 11.6 Å². The molecule has 1 rings (SSSR count). The molecule has 10 heavy (non-hydrogen) atoms. The van der Waals surface area contributed by atoms with Gasteiger partial charge in [0.15, 0.2) is 0 Å². The Labute approximate surface area is 66.2 Å². The third-order valence-corrected chi connectivity index (χ3v) is 1.70. The monoisotopic (exact) mass is 158 g/mol. The largest absolute Gasteiger partial charge is 0.356 e. The summed E-state index contributed by atoms with van der Waals surface area (Å²) >= 11 is 5.62. The number of rotatable bonds is 1. The van der Waals surface area contributed by atoms with Gasteiger partial charge in [-0.25, -0.2) is 0 Å². The highest BCUT2D eigenvalue weighted by Gasteiger charge is 2.06. The van der Waals surface area contributed by atoms with Crippen molar-refractivity contribution in [3.05, 3.63) is 12.3 Å². The zero-order chi connectivity index (χ0) is 7.56. The van der Waals surface area contributed by atoms with E-state index < -0.39 is 0 Å². The molecular formula is C7H11ClN2. The summed E-state index contributed by atoms with van der Waals surface area (Å²) in [6, 6.07) is 0.504. The number of aliphatic imine (C=N–C) groups is 1. The van der Waals surface area contributed by atoms with E-state index >= 15 is 0 Å². The second-order valence-electron chi connectivity index (χ2n) is 2.55. The molecular weight excluding hydrogens is 148 g/mol. The van der Waals surface area contributed by atoms with E-state index in [2.05, 4.69) is 23.7 Å². The molecule has 0 unspecified atom stereocenters. The van der Waals surface area contributed by atoms with Crippen molar-refractivity contribution >= 4 is 16.8 Å². The van der Waals surface area contributed by atoms with Crippen molar-refractivity contribution in [1.82, 2.24) is 4.90 Å². The average molecular weight is 159 g/mol. The topological polar surface area (TPSA) is 15.6 Å². The molecule has 2 nitrogen and oxygen atoms in total. The van der Waals surface area contributed by atoms with Crippen LogP contribution in [0.2, 0.25) is 0 Å². The molecule has 0 N–H and O–H groups in total. The number of nitrogens with zero attached hydrogens (tertiary/aromatic N) is 2. The SMILES string of the molecule is CC(C)N1C=CC(Cl)=NC1. The summed E-state index contributed by atoms with van der Waals surface area (Å²) in [5, 5.41) is 0.594. The van der Waals surface area contributed by atoms with Crippen LogP contribution in [-0.4, -0.2) is 22.8 Å². The molecule has 0 aromatic heterocycles. The Morgan fingerprint density at radius 3 is 2.80 bits per heavy atom. The Hall–Kier alpha value is -0.500. The fraction of sp³-hybridized carbons (Fsp3) is 0.571. The van der Waals surface area contributed by atoms with E-state index in [1.165, 1.54) is 0 Å². The summed E-state index contributed by atoms with van der Waals surface area (Å²) in [5.74, 6) is 0. The highest BCUT2D eigenvalue weighted by Crippen LogP contribution is 2.05. The standard InChI is InChI=1S/C7H11ClN2/c1-6(2)10-4-3-7(8)9-5-10/h3-4,6H,5H2,1-2H3. The van der Waals surface area contributed by atoms with Crippen molar-refractivity contribution in [1.29, 1.82) is 0 Å². The third-order valence-electron chi connectivity index (χ3n) is 1.45. The number of halogens is 1. The van der Waals surface area contributed by atoms with Gasteiger partial charge < -0.3 is 4.90 Å². The predicted molar refractivity (Wildman–Crippen MR) is 44.3 cm³/mol. The summed E-state index contributed by atoms with van der Waals surface area (Å²) in [5.41, 5.74) is 0. The van der Waals surface area contributed by atoms with Gasteiger partial charge in [0.25, 0.3) is 0 Å². The van der Waals surface area contributed by atoms with Gasteiger partial charge in [-0.3, -0.25) is 4.99 Å². The molecule has 56 valence electrons. The number of hydrogen-bond donors (Lipinski definition) is 0. The lowest BCUT2D eigenvalue weighted by molar-refractivity contribution is 0.319. The first-order valence-electron chi connectivity index (χ1n) is 3.34. The van der Waals surface area contributed by atoms with Crippen molar-refractivity contribution in [3.8, 4) is 0 Å². The van der Waals surface area contributed by atoms with Gasteiger partial charge in [-0.2, -0.15) is 0 Å². The molecule has 1 heterocycles. The summed E-state index contributed by atoms with van der Waals surface area (Å²) in [6.07, 6.45) is 3.78. The fourth-order valence-corrected chi connectivity index (χ4v) is 0.852. The maximum atomic E-state index is 5.62. The van der Waals surface area contributed by atoms with Crippen molar-refractivity contribution in [2.45, 2.75) is 19.9 Å². The second kappa shape index (κ2) is 3.06. The van der Waals surface area contributed by atoms with Crippen LogP contribution in [0.5, 0.6) is 0 Å². The lowest BCUT2D eigenvalue weighted by Gasteiger charge is -2.24. The van der Waals surface area contributed by atoms with Gasteiger partial charge in [-0.15, -0.1) is 0 Å². The van der Waals surface area contributed by atoms with E-state index in [-0.39, 0.29) is 0 Å². The second-order valence-corrected chi connectivity index (χ2v) is 2.93. The lowest BCUT2D eigenvalue weighted by atomic mass is 10.3. The van der Waals surface area contributed by atoms with Gasteiger partial charge in [0.2, 0.25) is 0 Å². The van der Waals surface area contributed by atoms with Crippen LogP contribution in [0, 0.1) is 0 Å². The van der Waals surface area contributed by atoms with E-state index in [1.807, 2.05) is 12.3 Å². The van der Waals surface area contributed by atoms with Crippen LogP contribution in [0.1, 0.15) is 13.8 Å². The Kier molecular flexibility index (Phi) is 2.33. The zero-order valence-corrected chi connectivity index (χ0v) is 6.97. The van der Waals surface area contributed by atoms with Crippen LogP contribution in [0.3, 0.4) is 0 Å². The first-order chi connectivity index (χ1) is 4.70. The van der Waals surface area contributed by atoms with Crippen molar-refractivity contribution in [2.24, 2.45) is 4.99 Å². The molecule has 0 amide bonds. The molecule has 0 saturated carbocycles. The maximum absolute atomic E-state index is 5.62. The normalized spacial score (nSPS) is 18.0. The van der Waals surface area contributed by atoms with E-state index in [9.17, 15) is 0 Å². The Morgan fingerprint density at radius 2 is 2.40 bits per heavy atom. The zero-order valence-electron chi connectivity index (χ0n) is 6.21. The summed E-state index contributed by atoms with van der Waals surface area (Å²) in [7, 11) is 0. The van der Waals surface area contributed by atoms with Crippen molar-refractivity contribution < 1.29 is 0 Å². The first kappa shape index (κ1) is 7.61. The Balaban J connectivity index is 2.52. The number of hydrogen-bond acceptors (Lipinski definition) is 2. The minimum atomic E-state index is 0.504. The smallest absolute Gasteiger partial charge is 0.127 e. The minimum absolute atomic E-state index is 0.504.